The van der Waals surface area contributed by atoms with E-state index in [1.54, 1.807) is 16.8 Å². The zero-order valence-corrected chi connectivity index (χ0v) is 6.24. The number of fused-ring (bicyclic) bond motifs is 1. The maximum Gasteiger partial charge on any atom is 0.236 e. The number of imidazole rings is 1. The molecule has 12 heavy (non-hydrogen) atoms. The van der Waals surface area contributed by atoms with E-state index in [0.29, 0.717) is 18.0 Å². The molecule has 0 saturated heterocycles. The van der Waals surface area contributed by atoms with E-state index in [-0.39, 0.29) is 0 Å². The minimum Gasteiger partial charge on any atom is -0.325 e. The first-order valence-corrected chi connectivity index (χ1v) is 3.50. The van der Waals surface area contributed by atoms with Gasteiger partial charge in [-0.3, -0.25) is 4.40 Å². The average Bonchev–Trinajstić information content (AvgIpc) is 2.46. The molecule has 2 heterocycles. The van der Waals surface area contributed by atoms with E-state index < -0.39 is 5.95 Å². The number of hydrogen-bond donors (Lipinski definition) is 1. The second-order valence-corrected chi connectivity index (χ2v) is 2.39. The molecular weight excluding hydrogens is 159 g/mol. The Bertz CT molecular complexity index is 409. The molecule has 62 valence electrons. The third-order valence-electron chi connectivity index (χ3n) is 1.55. The van der Waals surface area contributed by atoms with Crippen LogP contribution in [0.2, 0.25) is 0 Å². The van der Waals surface area contributed by atoms with Crippen molar-refractivity contribution in [1.29, 1.82) is 0 Å². The summed E-state index contributed by atoms with van der Waals surface area (Å²) in [6.45, 7) is 0.338. The Labute approximate surface area is 67.9 Å². The van der Waals surface area contributed by atoms with Crippen molar-refractivity contribution in [2.75, 3.05) is 0 Å². The van der Waals surface area contributed by atoms with Crippen molar-refractivity contribution in [3.05, 3.63) is 30.1 Å². The first-order chi connectivity index (χ1) is 5.79. The molecule has 0 aliphatic rings. The Kier molecular flexibility index (Phi) is 1.51. The lowest BCUT2D eigenvalue weighted by atomic mass is 10.5. The standard InChI is InChI=1S/C7H7FN4/c8-6-1-2-12-4-5(3-9)10-7(12)11-6/h1-2,4H,3,9H2. The van der Waals surface area contributed by atoms with Crippen LogP contribution in [0, 0.1) is 5.95 Å². The van der Waals surface area contributed by atoms with Crippen LogP contribution in [0.4, 0.5) is 4.39 Å². The molecule has 2 N–H and O–H groups in total. The first-order valence-electron chi connectivity index (χ1n) is 3.50. The molecule has 2 aromatic heterocycles. The molecule has 0 aliphatic carbocycles. The Balaban J connectivity index is 2.67. The summed E-state index contributed by atoms with van der Waals surface area (Å²) in [4.78, 5) is 7.55. The van der Waals surface area contributed by atoms with Crippen molar-refractivity contribution in [3.8, 4) is 0 Å². The average molecular weight is 166 g/mol. The van der Waals surface area contributed by atoms with Gasteiger partial charge in [0, 0.05) is 25.0 Å². The van der Waals surface area contributed by atoms with Gasteiger partial charge in [0.15, 0.2) is 0 Å². The summed E-state index contributed by atoms with van der Waals surface area (Å²) in [7, 11) is 0. The van der Waals surface area contributed by atoms with Gasteiger partial charge in [0.2, 0.25) is 11.7 Å². The van der Waals surface area contributed by atoms with Crippen molar-refractivity contribution in [2.45, 2.75) is 6.54 Å². The van der Waals surface area contributed by atoms with E-state index in [1.807, 2.05) is 0 Å². The fourth-order valence-corrected chi connectivity index (χ4v) is 0.999. The smallest absolute Gasteiger partial charge is 0.236 e. The summed E-state index contributed by atoms with van der Waals surface area (Å²) in [6.07, 6.45) is 3.28. The number of nitrogens with zero attached hydrogens (tertiary/aromatic N) is 3. The van der Waals surface area contributed by atoms with Crippen molar-refractivity contribution in [3.63, 3.8) is 0 Å². The molecule has 0 unspecified atom stereocenters. The largest absolute Gasteiger partial charge is 0.325 e. The van der Waals surface area contributed by atoms with Crippen molar-refractivity contribution < 1.29 is 4.39 Å². The van der Waals surface area contributed by atoms with Crippen LogP contribution in [0.25, 0.3) is 5.78 Å². The molecule has 0 spiro atoms. The summed E-state index contributed by atoms with van der Waals surface area (Å²) in [5.41, 5.74) is 6.06. The van der Waals surface area contributed by atoms with Gasteiger partial charge in [-0.05, 0) is 0 Å². The summed E-state index contributed by atoms with van der Waals surface area (Å²) in [5.74, 6) is -0.188. The van der Waals surface area contributed by atoms with Gasteiger partial charge in [-0.25, -0.2) is 4.98 Å². The minimum atomic E-state index is -0.531. The number of halogens is 1. The highest BCUT2D eigenvalue weighted by Gasteiger charge is 2.01. The number of hydrogen-bond acceptors (Lipinski definition) is 3. The number of nitrogens with two attached hydrogens (primary N) is 1. The maximum absolute atomic E-state index is 12.6. The van der Waals surface area contributed by atoms with Crippen LogP contribution in [-0.4, -0.2) is 14.4 Å². The summed E-state index contributed by atoms with van der Waals surface area (Å²) >= 11 is 0. The molecule has 0 saturated carbocycles. The van der Waals surface area contributed by atoms with E-state index in [9.17, 15) is 4.39 Å². The fraction of sp³-hybridized carbons (Fsp3) is 0.143. The SMILES string of the molecule is NCc1cn2ccc(F)nc2n1. The molecule has 0 aromatic carbocycles. The van der Waals surface area contributed by atoms with Crippen molar-refractivity contribution in [2.24, 2.45) is 5.73 Å². The number of rotatable bonds is 1. The monoisotopic (exact) mass is 166 g/mol. The lowest BCUT2D eigenvalue weighted by Crippen LogP contribution is -1.95. The predicted molar refractivity (Wildman–Crippen MR) is 40.8 cm³/mol. The lowest BCUT2D eigenvalue weighted by molar-refractivity contribution is 0.583. The highest BCUT2D eigenvalue weighted by Crippen LogP contribution is 2.02. The third-order valence-corrected chi connectivity index (χ3v) is 1.55. The van der Waals surface area contributed by atoms with Crippen LogP contribution in [-0.2, 0) is 6.54 Å². The van der Waals surface area contributed by atoms with Gasteiger partial charge in [-0.2, -0.15) is 9.37 Å². The fourth-order valence-electron chi connectivity index (χ4n) is 0.999. The molecular formula is C7H7FN4. The molecule has 0 bridgehead atoms. The van der Waals surface area contributed by atoms with E-state index in [2.05, 4.69) is 9.97 Å². The van der Waals surface area contributed by atoms with E-state index >= 15 is 0 Å². The Morgan fingerprint density at radius 1 is 1.50 bits per heavy atom. The summed E-state index contributed by atoms with van der Waals surface area (Å²) in [5, 5.41) is 0. The molecule has 0 radical (unpaired) electrons. The van der Waals surface area contributed by atoms with Gasteiger partial charge in [-0.1, -0.05) is 0 Å². The van der Waals surface area contributed by atoms with Crippen LogP contribution in [0.15, 0.2) is 18.5 Å². The van der Waals surface area contributed by atoms with Gasteiger partial charge in [0.25, 0.3) is 0 Å². The molecule has 2 aromatic rings. The van der Waals surface area contributed by atoms with Gasteiger partial charge in [0.05, 0.1) is 5.69 Å². The van der Waals surface area contributed by atoms with Crippen LogP contribution in [0.1, 0.15) is 5.69 Å². The van der Waals surface area contributed by atoms with E-state index in [0.717, 1.165) is 0 Å². The van der Waals surface area contributed by atoms with Crippen molar-refractivity contribution in [1.82, 2.24) is 14.4 Å². The molecule has 0 aliphatic heterocycles. The third kappa shape index (κ3) is 1.04. The zero-order chi connectivity index (χ0) is 8.55. The topological polar surface area (TPSA) is 56.2 Å². The lowest BCUT2D eigenvalue weighted by Gasteiger charge is -1.88. The summed E-state index contributed by atoms with van der Waals surface area (Å²) in [6, 6.07) is 1.27. The van der Waals surface area contributed by atoms with Crippen molar-refractivity contribution >= 4 is 5.78 Å². The Hall–Kier alpha value is -1.49. The molecule has 0 amide bonds. The van der Waals surface area contributed by atoms with Gasteiger partial charge in [0.1, 0.15) is 0 Å². The van der Waals surface area contributed by atoms with Gasteiger partial charge >= 0.3 is 0 Å². The molecule has 2 rings (SSSR count). The molecule has 4 nitrogen and oxygen atoms in total. The predicted octanol–water partition coefficient (Wildman–Crippen LogP) is 0.327. The van der Waals surface area contributed by atoms with E-state index in [1.165, 1.54) is 6.07 Å². The Morgan fingerprint density at radius 2 is 2.33 bits per heavy atom. The van der Waals surface area contributed by atoms with Gasteiger partial charge in [-0.15, -0.1) is 0 Å². The van der Waals surface area contributed by atoms with E-state index in [4.69, 9.17) is 5.73 Å². The second kappa shape index (κ2) is 2.53. The molecule has 0 atom stereocenters. The highest BCUT2D eigenvalue weighted by molar-refractivity contribution is 5.29. The zero-order valence-electron chi connectivity index (χ0n) is 6.24. The van der Waals surface area contributed by atoms with Crippen LogP contribution < -0.4 is 5.73 Å². The molecule has 5 heteroatoms. The minimum absolute atomic E-state index is 0.338. The normalized spacial score (nSPS) is 10.8. The van der Waals surface area contributed by atoms with Crippen LogP contribution >= 0.6 is 0 Å². The van der Waals surface area contributed by atoms with Gasteiger partial charge < -0.3 is 5.73 Å². The van der Waals surface area contributed by atoms with Crippen LogP contribution in [0.5, 0.6) is 0 Å². The summed E-state index contributed by atoms with van der Waals surface area (Å²) < 4.78 is 14.2. The van der Waals surface area contributed by atoms with Crippen LogP contribution in [0.3, 0.4) is 0 Å². The number of aromatic nitrogens is 3. The second-order valence-electron chi connectivity index (χ2n) is 2.39. The Morgan fingerprint density at radius 3 is 3.08 bits per heavy atom. The first kappa shape index (κ1) is 7.17. The molecule has 0 fully saturated rings. The highest BCUT2D eigenvalue weighted by atomic mass is 19.1. The maximum atomic E-state index is 12.6. The quantitative estimate of drug-likeness (QED) is 0.621.